The molecule has 10 nitrogen and oxygen atoms in total. The summed E-state index contributed by atoms with van der Waals surface area (Å²) in [5.74, 6) is -1.34. The summed E-state index contributed by atoms with van der Waals surface area (Å²) in [5.41, 5.74) is -4.24. The Hall–Kier alpha value is -3.69. The number of alkyl halides is 2. The number of nitriles is 1. The van der Waals surface area contributed by atoms with E-state index in [1.807, 2.05) is 30.3 Å². The van der Waals surface area contributed by atoms with Crippen molar-refractivity contribution in [3.63, 3.8) is 0 Å². The van der Waals surface area contributed by atoms with E-state index in [9.17, 15) is 42.8 Å². The van der Waals surface area contributed by atoms with Crippen molar-refractivity contribution in [2.24, 2.45) is 17.8 Å². The van der Waals surface area contributed by atoms with E-state index >= 15 is 0 Å². The number of thiophene rings is 1. The maximum atomic E-state index is 14.6. The van der Waals surface area contributed by atoms with Crippen LogP contribution in [0.2, 0.25) is 0 Å². The Labute approximate surface area is 286 Å². The van der Waals surface area contributed by atoms with Crippen LogP contribution in [0.4, 0.5) is 8.78 Å². The molecule has 4 heterocycles. The highest BCUT2D eigenvalue weighted by Crippen LogP contribution is 2.59. The van der Waals surface area contributed by atoms with Gasteiger partial charge in [-0.3, -0.25) is 18.9 Å². The maximum absolute atomic E-state index is 14.6. The first-order valence-corrected chi connectivity index (χ1v) is 19.1. The van der Waals surface area contributed by atoms with Gasteiger partial charge in [-0.05, 0) is 79.5 Å². The lowest BCUT2D eigenvalue weighted by Crippen LogP contribution is -2.59. The Morgan fingerprint density at radius 3 is 2.45 bits per heavy atom. The monoisotopic (exact) mass is 710 g/mol. The standard InChI is InChI=1S/C35H37F2N4O6PS/c36-35(37,48(45,46)47)24-11-14-29-22(15-24)16-30(49-29)32(42)39-31-26(21-9-10-21)8-4-7-25-12-13-28(41(25)34(31)44)33(43)40-18-23(17-38)27(19-40)20-5-2-1-3-6-20/h1-3,5-6,11,14-16,21,23,25-28,31H,4,7-10,12-13,18-19H2,(H,39,42)(H2,45,46,47)/t23-,25-,26-,27+,28-,31-/m0/s1. The number of benzene rings is 2. The van der Waals surface area contributed by atoms with Crippen LogP contribution in [0.3, 0.4) is 0 Å². The number of carbonyl (C=O) groups excluding carboxylic acids is 3. The molecule has 4 aliphatic rings. The van der Waals surface area contributed by atoms with Gasteiger partial charge in [-0.25, -0.2) is 0 Å². The molecule has 7 rings (SSSR count). The second-order valence-electron chi connectivity index (χ2n) is 13.8. The van der Waals surface area contributed by atoms with Crippen LogP contribution in [-0.2, 0) is 19.8 Å². The van der Waals surface area contributed by atoms with Crippen molar-refractivity contribution in [3.8, 4) is 6.07 Å². The highest BCUT2D eigenvalue weighted by molar-refractivity contribution is 7.52. The molecule has 0 radical (unpaired) electrons. The molecule has 1 aliphatic carbocycles. The summed E-state index contributed by atoms with van der Waals surface area (Å²) in [4.78, 5) is 64.5. The summed E-state index contributed by atoms with van der Waals surface area (Å²) in [6, 6.07) is 14.9. The maximum Gasteiger partial charge on any atom is 0.399 e. The third-order valence-corrected chi connectivity index (χ3v) is 12.9. The molecular formula is C35H37F2N4O6PS. The Morgan fingerprint density at radius 2 is 1.76 bits per heavy atom. The number of nitrogens with zero attached hydrogens (tertiary/aromatic N) is 3. The van der Waals surface area contributed by atoms with Crippen molar-refractivity contribution in [1.82, 2.24) is 15.1 Å². The van der Waals surface area contributed by atoms with Crippen molar-refractivity contribution >= 4 is 46.7 Å². The fraction of sp³-hybridized carbons (Fsp3) is 0.486. The molecule has 49 heavy (non-hydrogen) atoms. The molecule has 6 atom stereocenters. The zero-order valence-corrected chi connectivity index (χ0v) is 28.3. The van der Waals surface area contributed by atoms with Crippen LogP contribution in [0.1, 0.15) is 71.7 Å². The van der Waals surface area contributed by atoms with Crippen molar-refractivity contribution in [2.45, 2.75) is 74.7 Å². The van der Waals surface area contributed by atoms with Crippen LogP contribution in [0.5, 0.6) is 0 Å². The van der Waals surface area contributed by atoms with Crippen molar-refractivity contribution in [2.75, 3.05) is 13.1 Å². The molecule has 3 amide bonds. The van der Waals surface area contributed by atoms with Gasteiger partial charge in [0.25, 0.3) is 5.91 Å². The molecule has 14 heteroatoms. The third kappa shape index (κ3) is 6.29. The summed E-state index contributed by atoms with van der Waals surface area (Å²) < 4.78 is 40.7. The molecule has 4 fully saturated rings. The molecule has 1 saturated carbocycles. The smallest absolute Gasteiger partial charge is 0.339 e. The lowest BCUT2D eigenvalue weighted by molar-refractivity contribution is -0.147. The second kappa shape index (κ2) is 12.9. The highest BCUT2D eigenvalue weighted by atomic mass is 32.1. The van der Waals surface area contributed by atoms with Gasteiger partial charge in [0, 0.05) is 35.3 Å². The second-order valence-corrected chi connectivity index (χ2v) is 16.6. The quantitative estimate of drug-likeness (QED) is 0.272. The molecule has 258 valence electrons. The van der Waals surface area contributed by atoms with Crippen molar-refractivity contribution in [3.05, 3.63) is 70.6 Å². The van der Waals surface area contributed by atoms with Gasteiger partial charge >= 0.3 is 13.3 Å². The Kier molecular flexibility index (Phi) is 8.89. The first-order valence-electron chi connectivity index (χ1n) is 16.7. The Balaban J connectivity index is 1.13. The number of rotatable bonds is 7. The molecule has 2 aromatic carbocycles. The topological polar surface area (TPSA) is 151 Å². The average molecular weight is 711 g/mol. The number of likely N-dealkylation sites (tertiary alicyclic amines) is 1. The van der Waals surface area contributed by atoms with E-state index in [0.717, 1.165) is 61.1 Å². The van der Waals surface area contributed by atoms with Gasteiger partial charge in [0.2, 0.25) is 11.8 Å². The van der Waals surface area contributed by atoms with Crippen LogP contribution < -0.4 is 5.32 Å². The number of fused-ring (bicyclic) bond motifs is 2. The van der Waals surface area contributed by atoms with Gasteiger partial charge in [-0.1, -0.05) is 42.8 Å². The first-order chi connectivity index (χ1) is 23.4. The van der Waals surface area contributed by atoms with Gasteiger partial charge in [-0.2, -0.15) is 14.0 Å². The number of hydrogen-bond donors (Lipinski definition) is 3. The lowest BCUT2D eigenvalue weighted by Gasteiger charge is -2.39. The minimum absolute atomic E-state index is 0.117. The van der Waals surface area contributed by atoms with Crippen molar-refractivity contribution < 1.29 is 37.5 Å². The predicted octanol–water partition coefficient (Wildman–Crippen LogP) is 5.56. The molecule has 1 aromatic heterocycles. The molecule has 3 aliphatic heterocycles. The summed E-state index contributed by atoms with van der Waals surface area (Å²) in [5, 5.41) is 13.1. The normalized spacial score (nSPS) is 27.8. The largest absolute Gasteiger partial charge is 0.399 e. The first kappa shape index (κ1) is 33.8. The van der Waals surface area contributed by atoms with E-state index in [1.54, 1.807) is 9.80 Å². The summed E-state index contributed by atoms with van der Waals surface area (Å²) >= 11 is 1.04. The highest BCUT2D eigenvalue weighted by Gasteiger charge is 2.52. The molecule has 0 spiro atoms. The van der Waals surface area contributed by atoms with E-state index < -0.39 is 36.8 Å². The Bertz CT molecular complexity index is 1870. The molecule has 0 bridgehead atoms. The zero-order valence-electron chi connectivity index (χ0n) is 26.6. The average Bonchev–Trinajstić information content (AvgIpc) is 3.48. The SMILES string of the molecule is N#C[C@H]1CN(C(=O)[C@@H]2CC[C@@H]3CCC[C@@H](C4CC4)[C@H](NC(=O)c4cc5cc(C(F)(F)P(=O)(O)O)ccc5s4)C(=O)N32)C[C@@H]1c1ccccc1. The lowest BCUT2D eigenvalue weighted by atomic mass is 9.85. The van der Waals surface area contributed by atoms with Gasteiger partial charge < -0.3 is 24.9 Å². The van der Waals surface area contributed by atoms with E-state index in [2.05, 4.69) is 11.4 Å². The third-order valence-electron chi connectivity index (χ3n) is 10.8. The van der Waals surface area contributed by atoms with Gasteiger partial charge in [-0.15, -0.1) is 11.3 Å². The van der Waals surface area contributed by atoms with Crippen LogP contribution in [0.25, 0.3) is 10.1 Å². The molecule has 3 N–H and O–H groups in total. The zero-order chi connectivity index (χ0) is 34.7. The molecule has 3 saturated heterocycles. The van der Waals surface area contributed by atoms with E-state index in [0.29, 0.717) is 24.1 Å². The summed E-state index contributed by atoms with van der Waals surface area (Å²) in [6.07, 6.45) is 5.44. The van der Waals surface area contributed by atoms with Gasteiger partial charge in [0.05, 0.1) is 16.9 Å². The predicted molar refractivity (Wildman–Crippen MR) is 178 cm³/mol. The fourth-order valence-electron chi connectivity index (χ4n) is 8.13. The van der Waals surface area contributed by atoms with E-state index in [1.165, 1.54) is 12.1 Å². The molecular weight excluding hydrogens is 673 g/mol. The fourth-order valence-corrected chi connectivity index (χ4v) is 9.55. The minimum atomic E-state index is -5.77. The number of halogens is 2. The van der Waals surface area contributed by atoms with Crippen LogP contribution in [0, 0.1) is 29.1 Å². The minimum Gasteiger partial charge on any atom is -0.339 e. The Morgan fingerprint density at radius 1 is 1.00 bits per heavy atom. The van der Waals surface area contributed by atoms with Crippen LogP contribution >= 0.6 is 18.9 Å². The number of hydrogen-bond acceptors (Lipinski definition) is 6. The number of nitrogens with one attached hydrogen (secondary N) is 1. The number of carbonyl (C=O) groups is 3. The van der Waals surface area contributed by atoms with E-state index in [-0.39, 0.29) is 58.3 Å². The van der Waals surface area contributed by atoms with Gasteiger partial charge in [0.1, 0.15) is 12.1 Å². The van der Waals surface area contributed by atoms with Crippen molar-refractivity contribution in [1.29, 1.82) is 5.26 Å². The van der Waals surface area contributed by atoms with Crippen LogP contribution in [-0.4, -0.2) is 68.5 Å². The van der Waals surface area contributed by atoms with E-state index in [4.69, 9.17) is 0 Å². The van der Waals surface area contributed by atoms with Crippen LogP contribution in [0.15, 0.2) is 54.6 Å². The molecule has 0 unspecified atom stereocenters. The number of amides is 3. The molecule has 3 aromatic rings. The summed E-state index contributed by atoms with van der Waals surface area (Å²) in [6.45, 7) is 0.680. The van der Waals surface area contributed by atoms with Gasteiger partial charge in [0.15, 0.2) is 0 Å². The summed E-state index contributed by atoms with van der Waals surface area (Å²) in [7, 11) is -5.77.